The molecule has 0 spiro atoms. The van der Waals surface area contributed by atoms with Gasteiger partial charge in [-0.3, -0.25) is 0 Å². The third-order valence-electron chi connectivity index (χ3n) is 4.38. The number of nitrogens with one attached hydrogen (secondary N) is 1. The second-order valence-corrected chi connectivity index (χ2v) is 7.53. The van der Waals surface area contributed by atoms with Crippen LogP contribution < -0.4 is 11.1 Å². The lowest BCUT2D eigenvalue weighted by Gasteiger charge is -2.03. The van der Waals surface area contributed by atoms with Crippen molar-refractivity contribution >= 4 is 23.0 Å². The third-order valence-corrected chi connectivity index (χ3v) is 5.23. The molecule has 0 fully saturated rings. The number of carboxylic acid groups (broad SMARTS) is 1. The molecule has 0 amide bonds. The molecule has 2 aromatic carbocycles. The summed E-state index contributed by atoms with van der Waals surface area (Å²) < 4.78 is 0. The number of thiazole rings is 1. The van der Waals surface area contributed by atoms with Crippen LogP contribution in [0.2, 0.25) is 0 Å². The minimum Gasteiger partial charge on any atom is -0.477 e. The molecule has 6 heteroatoms. The molecule has 0 unspecified atom stereocenters. The normalized spacial score (nSPS) is 10.2. The van der Waals surface area contributed by atoms with E-state index < -0.39 is 5.97 Å². The maximum atomic E-state index is 10.9. The number of unbranched alkanes of at least 4 members (excludes halogenated alkanes) is 2. The van der Waals surface area contributed by atoms with E-state index in [4.69, 9.17) is 10.8 Å². The Hall–Kier alpha value is -2.70. The number of hydrogen-bond acceptors (Lipinski definition) is 5. The first-order valence-corrected chi connectivity index (χ1v) is 10.7. The number of nitrogen functional groups attached to an aromatic ring is 1. The van der Waals surface area contributed by atoms with E-state index in [-0.39, 0.29) is 4.88 Å². The number of benzene rings is 2. The van der Waals surface area contributed by atoms with Gasteiger partial charge >= 0.3 is 5.97 Å². The molecule has 5 nitrogen and oxygen atoms in total. The molecule has 0 saturated heterocycles. The van der Waals surface area contributed by atoms with Crippen molar-refractivity contribution in [3.8, 4) is 0 Å². The first-order chi connectivity index (χ1) is 14.1. The fourth-order valence-corrected chi connectivity index (χ4v) is 3.42. The van der Waals surface area contributed by atoms with Crippen LogP contribution in [0.15, 0.2) is 60.1 Å². The maximum absolute atomic E-state index is 10.9. The van der Waals surface area contributed by atoms with Crippen LogP contribution >= 0.6 is 11.3 Å². The summed E-state index contributed by atoms with van der Waals surface area (Å²) in [5.74, 6) is -0.938. The lowest BCUT2D eigenvalue weighted by molar-refractivity contribution is 0.0701. The van der Waals surface area contributed by atoms with Crippen LogP contribution in [0.4, 0.5) is 5.69 Å². The maximum Gasteiger partial charge on any atom is 0.347 e. The predicted octanol–water partition coefficient (Wildman–Crippen LogP) is 4.98. The van der Waals surface area contributed by atoms with E-state index in [1.165, 1.54) is 30.3 Å². The van der Waals surface area contributed by atoms with Gasteiger partial charge in [0.05, 0.1) is 11.2 Å². The van der Waals surface area contributed by atoms with E-state index in [0.29, 0.717) is 17.8 Å². The van der Waals surface area contributed by atoms with Gasteiger partial charge in [0, 0.05) is 18.7 Å². The molecule has 0 atom stereocenters. The first kappa shape index (κ1) is 22.6. The van der Waals surface area contributed by atoms with Gasteiger partial charge in [-0.1, -0.05) is 68.3 Å². The summed E-state index contributed by atoms with van der Waals surface area (Å²) in [6.45, 7) is 4.38. The molecular formula is C23H29N3O2S. The number of aromatic carboxylic acids is 1. The summed E-state index contributed by atoms with van der Waals surface area (Å²) in [7, 11) is 0. The number of hydrogen-bond donors (Lipinski definition) is 3. The number of nitrogens with two attached hydrogens (primary N) is 1. The average molecular weight is 412 g/mol. The van der Waals surface area contributed by atoms with Gasteiger partial charge in [0.1, 0.15) is 4.88 Å². The van der Waals surface area contributed by atoms with E-state index in [9.17, 15) is 4.79 Å². The summed E-state index contributed by atoms with van der Waals surface area (Å²) in [6.07, 6.45) is 4.38. The highest BCUT2D eigenvalue weighted by atomic mass is 32.1. The average Bonchev–Trinajstić information content (AvgIpc) is 3.19. The van der Waals surface area contributed by atoms with Crippen LogP contribution in [0.5, 0.6) is 0 Å². The van der Waals surface area contributed by atoms with Gasteiger partial charge in [0.2, 0.25) is 0 Å². The Morgan fingerprint density at radius 1 is 1.10 bits per heavy atom. The van der Waals surface area contributed by atoms with Crippen molar-refractivity contribution in [1.82, 2.24) is 10.3 Å². The number of carboxylic acids is 1. The molecule has 154 valence electrons. The van der Waals surface area contributed by atoms with Gasteiger partial charge in [-0.15, -0.1) is 11.3 Å². The van der Waals surface area contributed by atoms with Gasteiger partial charge in [-0.2, -0.15) is 0 Å². The van der Waals surface area contributed by atoms with E-state index >= 15 is 0 Å². The van der Waals surface area contributed by atoms with Crippen LogP contribution in [-0.4, -0.2) is 22.6 Å². The first-order valence-electron chi connectivity index (χ1n) is 9.85. The van der Waals surface area contributed by atoms with Gasteiger partial charge in [0.25, 0.3) is 0 Å². The summed E-state index contributed by atoms with van der Waals surface area (Å²) in [6, 6.07) is 17.9. The van der Waals surface area contributed by atoms with Crippen LogP contribution in [0, 0.1) is 0 Å². The molecule has 0 radical (unpaired) electrons. The predicted molar refractivity (Wildman–Crippen MR) is 120 cm³/mol. The van der Waals surface area contributed by atoms with E-state index in [1.807, 2.05) is 18.2 Å². The third kappa shape index (κ3) is 8.05. The summed E-state index contributed by atoms with van der Waals surface area (Å²) >= 11 is 1.13. The second kappa shape index (κ2) is 12.7. The number of carbonyl (C=O) groups is 1. The van der Waals surface area contributed by atoms with E-state index in [2.05, 4.69) is 47.6 Å². The van der Waals surface area contributed by atoms with Crippen molar-refractivity contribution in [3.05, 3.63) is 81.8 Å². The number of nitrogens with zero attached hydrogens (tertiary/aromatic N) is 1. The van der Waals surface area contributed by atoms with Crippen LogP contribution in [0.3, 0.4) is 0 Å². The molecule has 0 saturated carbocycles. The Morgan fingerprint density at radius 2 is 1.83 bits per heavy atom. The van der Waals surface area contributed by atoms with Gasteiger partial charge < -0.3 is 16.2 Å². The monoisotopic (exact) mass is 411 g/mol. The quantitative estimate of drug-likeness (QED) is 0.341. The highest BCUT2D eigenvalue weighted by Gasteiger charge is 2.14. The standard InChI is InChI=1S/C12H19N.C11H10N2O2S/c1-2-3-7-10-13-11-12-8-5-4-6-9-12;12-8-4-2-1-3-7(8)5-9-10(11(14)15)16-6-13-9/h4-6,8-9,13H,2-3,7,10-11H2,1H3;1-4,6H,5,12H2,(H,14,15). The Labute approximate surface area is 176 Å². The minimum absolute atomic E-state index is 0.281. The smallest absolute Gasteiger partial charge is 0.347 e. The second-order valence-electron chi connectivity index (χ2n) is 6.68. The Balaban J connectivity index is 0.000000212. The van der Waals surface area contributed by atoms with Crippen LogP contribution in [0.25, 0.3) is 0 Å². The highest BCUT2D eigenvalue weighted by molar-refractivity contribution is 7.11. The van der Waals surface area contributed by atoms with Crippen molar-refractivity contribution in [1.29, 1.82) is 0 Å². The van der Waals surface area contributed by atoms with Gasteiger partial charge in [-0.25, -0.2) is 9.78 Å². The largest absolute Gasteiger partial charge is 0.477 e. The molecule has 0 aliphatic carbocycles. The number of para-hydroxylation sites is 1. The molecule has 0 aliphatic heterocycles. The molecule has 3 aromatic rings. The zero-order chi connectivity index (χ0) is 20.9. The number of anilines is 1. The Morgan fingerprint density at radius 3 is 2.52 bits per heavy atom. The SMILES string of the molecule is CCCCCNCc1ccccc1.Nc1ccccc1Cc1ncsc1C(=O)O. The van der Waals surface area contributed by atoms with Crippen molar-refractivity contribution in [2.24, 2.45) is 0 Å². The molecule has 1 heterocycles. The van der Waals surface area contributed by atoms with Crippen molar-refractivity contribution in [2.75, 3.05) is 12.3 Å². The van der Waals surface area contributed by atoms with Crippen molar-refractivity contribution in [2.45, 2.75) is 39.2 Å². The van der Waals surface area contributed by atoms with Crippen LogP contribution in [0.1, 0.15) is 52.7 Å². The summed E-state index contributed by atoms with van der Waals surface area (Å²) in [4.78, 5) is 15.2. The molecule has 4 N–H and O–H groups in total. The van der Waals surface area contributed by atoms with Gasteiger partial charge in [-0.05, 0) is 30.2 Å². The zero-order valence-corrected chi connectivity index (χ0v) is 17.6. The fourth-order valence-electron chi connectivity index (χ4n) is 2.77. The van der Waals surface area contributed by atoms with E-state index in [0.717, 1.165) is 30.0 Å². The molecule has 3 rings (SSSR count). The number of aromatic nitrogens is 1. The molecular weight excluding hydrogens is 382 g/mol. The lowest BCUT2D eigenvalue weighted by Crippen LogP contribution is -2.14. The molecule has 0 bridgehead atoms. The van der Waals surface area contributed by atoms with E-state index in [1.54, 1.807) is 6.07 Å². The highest BCUT2D eigenvalue weighted by Crippen LogP contribution is 2.20. The summed E-state index contributed by atoms with van der Waals surface area (Å²) in [5.41, 5.74) is 10.8. The van der Waals surface area contributed by atoms with Crippen molar-refractivity contribution < 1.29 is 9.90 Å². The molecule has 29 heavy (non-hydrogen) atoms. The number of rotatable bonds is 9. The topological polar surface area (TPSA) is 88.2 Å². The lowest BCUT2D eigenvalue weighted by atomic mass is 10.1. The van der Waals surface area contributed by atoms with Crippen LogP contribution in [-0.2, 0) is 13.0 Å². The van der Waals surface area contributed by atoms with Gasteiger partial charge in [0.15, 0.2) is 0 Å². The fraction of sp³-hybridized carbons (Fsp3) is 0.304. The Bertz CT molecular complexity index is 865. The van der Waals surface area contributed by atoms with Crippen molar-refractivity contribution in [3.63, 3.8) is 0 Å². The zero-order valence-electron chi connectivity index (χ0n) is 16.8. The summed E-state index contributed by atoms with van der Waals surface area (Å²) in [5, 5.41) is 12.4. The minimum atomic E-state index is -0.938. The Kier molecular flexibility index (Phi) is 9.89. The molecule has 0 aliphatic rings. The molecule has 1 aromatic heterocycles.